The van der Waals surface area contributed by atoms with Crippen LogP contribution in [0.4, 0.5) is 0 Å². The molecule has 0 fully saturated rings. The molecule has 0 saturated carbocycles. The summed E-state index contributed by atoms with van der Waals surface area (Å²) in [5.41, 5.74) is 0. The number of rotatable bonds is 0. The van der Waals surface area contributed by atoms with E-state index < -0.39 is 0 Å². The van der Waals surface area contributed by atoms with Crippen molar-refractivity contribution in [2.45, 2.75) is 44.6 Å². The van der Waals surface area contributed by atoms with Gasteiger partial charge in [0.25, 0.3) is 0 Å². The molecule has 2 heteroatoms. The Labute approximate surface area is 91.8 Å². The van der Waals surface area contributed by atoms with E-state index in [0.29, 0.717) is 0 Å². The molecule has 0 unspecified atom stereocenters. The average Bonchev–Trinajstić information content (AvgIpc) is 0. The molecule has 0 rings (SSSR count). The molecule has 0 saturated heterocycles. The van der Waals surface area contributed by atoms with E-state index in [0.717, 1.165) is 0 Å². The summed E-state index contributed by atoms with van der Waals surface area (Å²) < 4.78 is 0. The van der Waals surface area contributed by atoms with Gasteiger partial charge in [-0.05, 0) is 0 Å². The quantitative estimate of drug-likeness (QED) is 0.598. The first-order valence-electron chi connectivity index (χ1n) is 0. The van der Waals surface area contributed by atoms with Gasteiger partial charge in [-0.1, -0.05) is 44.6 Å². The molecule has 0 N–H and O–H groups in total. The van der Waals surface area contributed by atoms with Crippen LogP contribution in [0.15, 0.2) is 0 Å². The predicted octanol–water partition coefficient (Wildman–Crippen LogP) is 3.06. The number of hydrogen-bond donors (Lipinski definition) is 0. The van der Waals surface area contributed by atoms with Crippen LogP contribution in [0, 0.1) is 0 Å². The summed E-state index contributed by atoms with van der Waals surface area (Å²) in [7, 11) is 0. The van der Waals surface area contributed by atoms with E-state index in [4.69, 9.17) is 0 Å². The van der Waals surface area contributed by atoms with Crippen LogP contribution < -0.4 is 0 Å². The van der Waals surface area contributed by atoms with Crippen LogP contribution in [-0.2, 0) is 0 Å². The Morgan fingerprint density at radius 2 is 0.250 bits per heavy atom. The van der Waals surface area contributed by atoms with Gasteiger partial charge in [-0.3, -0.25) is 0 Å². The summed E-state index contributed by atoms with van der Waals surface area (Å²) in [6, 6.07) is 0. The molecular formula is C6H24Sn2. The maximum atomic E-state index is 0. The Kier molecular flexibility index (Phi) is 6760. The molecule has 0 aromatic carbocycles. The fraction of sp³-hybridized carbons (Fsp3) is 1.00. The first kappa shape index (κ1) is 278. The minimum absolute atomic E-state index is 0. The van der Waals surface area contributed by atoms with Crippen LogP contribution in [0.25, 0.3) is 0 Å². The second-order valence-electron chi connectivity index (χ2n) is 0. The van der Waals surface area contributed by atoms with Crippen molar-refractivity contribution in [1.82, 2.24) is 0 Å². The zero-order valence-electron chi connectivity index (χ0n) is 1.00. The van der Waals surface area contributed by atoms with Crippen molar-refractivity contribution in [2.24, 2.45) is 0 Å². The average molecular weight is 334 g/mol. The van der Waals surface area contributed by atoms with Gasteiger partial charge in [-0.15, -0.1) is 0 Å². The molecule has 0 aromatic rings. The largest absolute Gasteiger partial charge is 0.0776 e. The summed E-state index contributed by atoms with van der Waals surface area (Å²) in [5.74, 6) is 0. The van der Waals surface area contributed by atoms with E-state index >= 15 is 0 Å². The second-order valence-corrected chi connectivity index (χ2v) is 0. The van der Waals surface area contributed by atoms with Crippen LogP contribution in [0.2, 0.25) is 0 Å². The van der Waals surface area contributed by atoms with Crippen LogP contribution >= 0.6 is 0 Å². The van der Waals surface area contributed by atoms with Gasteiger partial charge >= 0.3 is 0 Å². The Morgan fingerprint density at radius 1 is 0.250 bits per heavy atom. The van der Waals surface area contributed by atoms with Crippen LogP contribution in [0.1, 0.15) is 44.6 Å². The van der Waals surface area contributed by atoms with Crippen molar-refractivity contribution < 1.29 is 0 Å². The van der Waals surface area contributed by atoms with Gasteiger partial charge in [0, 0.05) is 47.8 Å². The van der Waals surface area contributed by atoms with Crippen molar-refractivity contribution in [3.05, 3.63) is 0 Å². The van der Waals surface area contributed by atoms with Gasteiger partial charge in [0.1, 0.15) is 0 Å². The molecule has 0 spiro atoms. The molecule has 0 aliphatic heterocycles. The molecule has 0 aliphatic carbocycles. The summed E-state index contributed by atoms with van der Waals surface area (Å²) in [6.45, 7) is 0. The zero-order chi connectivity index (χ0) is 0. The van der Waals surface area contributed by atoms with Gasteiger partial charge < -0.3 is 0 Å². The summed E-state index contributed by atoms with van der Waals surface area (Å²) in [4.78, 5) is 0. The van der Waals surface area contributed by atoms with Gasteiger partial charge in [0.2, 0.25) is 0 Å². The van der Waals surface area contributed by atoms with Gasteiger partial charge in [-0.2, -0.15) is 0 Å². The molecule has 0 nitrogen and oxygen atoms in total. The molecule has 0 bridgehead atoms. The maximum absolute atomic E-state index is 0. The van der Waals surface area contributed by atoms with Crippen LogP contribution in [0.3, 0.4) is 0 Å². The monoisotopic (exact) mass is 336 g/mol. The second kappa shape index (κ2) is 194. The van der Waals surface area contributed by atoms with E-state index in [-0.39, 0.29) is 92.4 Å². The predicted molar refractivity (Wildman–Crippen MR) is 51.9 cm³/mol. The summed E-state index contributed by atoms with van der Waals surface area (Å²) >= 11 is 0. The van der Waals surface area contributed by atoms with Crippen molar-refractivity contribution in [1.29, 1.82) is 0 Å². The molecule has 56 valence electrons. The van der Waals surface area contributed by atoms with Crippen LogP contribution in [-0.4, -0.2) is 47.8 Å². The Bertz CT molecular complexity index is 6.49. The first-order valence-corrected chi connectivity index (χ1v) is 0. The summed E-state index contributed by atoms with van der Waals surface area (Å²) in [5, 5.41) is 0. The topological polar surface area (TPSA) is 0 Å². The molecule has 0 aliphatic rings. The third-order valence-electron chi connectivity index (χ3n) is 0. The number of hydrogen-bond acceptors (Lipinski definition) is 0. The molecule has 8 radical (unpaired) electrons. The van der Waals surface area contributed by atoms with Gasteiger partial charge in [-0.25, -0.2) is 0 Å². The van der Waals surface area contributed by atoms with Crippen molar-refractivity contribution in [2.75, 3.05) is 0 Å². The van der Waals surface area contributed by atoms with E-state index in [1.165, 1.54) is 0 Å². The van der Waals surface area contributed by atoms with Crippen molar-refractivity contribution in [3.8, 4) is 0 Å². The molecule has 0 atom stereocenters. The molecular weight excluding hydrogens is 309 g/mol. The normalized spacial score (nSPS) is 0. The molecule has 8 heavy (non-hydrogen) atoms. The first-order chi connectivity index (χ1) is 0. The fourth-order valence-corrected chi connectivity index (χ4v) is 0. The summed E-state index contributed by atoms with van der Waals surface area (Å²) in [6.07, 6.45) is 0. The smallest absolute Gasteiger partial charge is 0 e. The Morgan fingerprint density at radius 3 is 0.250 bits per heavy atom. The van der Waals surface area contributed by atoms with E-state index in [1.807, 2.05) is 0 Å². The van der Waals surface area contributed by atoms with E-state index in [2.05, 4.69) is 0 Å². The fourth-order valence-electron chi connectivity index (χ4n) is 0. The SMILES string of the molecule is C.C.C.C.C.C.[Sn].[Sn]. The van der Waals surface area contributed by atoms with Crippen LogP contribution in [0.5, 0.6) is 0 Å². The zero-order valence-corrected chi connectivity index (χ0v) is 6.71. The maximum Gasteiger partial charge on any atom is 0 e. The minimum atomic E-state index is 0. The third-order valence-corrected chi connectivity index (χ3v) is 0. The Hall–Kier alpha value is 1.60. The Balaban J connectivity index is 0. The van der Waals surface area contributed by atoms with Crippen molar-refractivity contribution in [3.63, 3.8) is 0 Å². The van der Waals surface area contributed by atoms with Gasteiger partial charge in [0.05, 0.1) is 0 Å². The minimum Gasteiger partial charge on any atom is -0.0776 e. The van der Waals surface area contributed by atoms with E-state index in [1.54, 1.807) is 0 Å². The standard InChI is InChI=1S/6CH4.2Sn/h6*1H4;;. The molecule has 0 amide bonds. The third kappa shape index (κ3) is 130. The van der Waals surface area contributed by atoms with Gasteiger partial charge in [0.15, 0.2) is 0 Å². The molecule has 0 heterocycles. The van der Waals surface area contributed by atoms with E-state index in [9.17, 15) is 0 Å². The van der Waals surface area contributed by atoms with Crippen molar-refractivity contribution >= 4 is 47.8 Å². The molecule has 0 aromatic heterocycles.